The van der Waals surface area contributed by atoms with Crippen molar-refractivity contribution in [2.45, 2.75) is 25.8 Å². The first-order valence-electron chi connectivity index (χ1n) is 8.48. The second kappa shape index (κ2) is 7.17. The molecule has 0 unspecified atom stereocenters. The minimum absolute atomic E-state index is 0.0951. The molecule has 2 atom stereocenters. The fraction of sp³-hybridized carbons (Fsp3) is 0.588. The molecular formula is C17H25N5O2. The van der Waals surface area contributed by atoms with E-state index in [0.717, 1.165) is 25.9 Å². The van der Waals surface area contributed by atoms with Gasteiger partial charge in [0.2, 0.25) is 0 Å². The summed E-state index contributed by atoms with van der Waals surface area (Å²) in [4.78, 5) is 16.7. The Bertz CT molecular complexity index is 666. The summed E-state index contributed by atoms with van der Waals surface area (Å²) >= 11 is 0. The van der Waals surface area contributed by atoms with E-state index >= 15 is 0 Å². The van der Waals surface area contributed by atoms with Gasteiger partial charge >= 0.3 is 0 Å². The normalized spacial score (nSPS) is 21.8. The SMILES string of the molecule is CCN1CCC[C@@H](CN(C)C(=O)c2ccon2)[C@@H]1c1cnn(C)c1. The minimum Gasteiger partial charge on any atom is -0.364 e. The monoisotopic (exact) mass is 331 g/mol. The zero-order valence-corrected chi connectivity index (χ0v) is 14.6. The molecular weight excluding hydrogens is 306 g/mol. The van der Waals surface area contributed by atoms with Crippen LogP contribution in [-0.2, 0) is 7.05 Å². The first-order valence-corrected chi connectivity index (χ1v) is 8.48. The van der Waals surface area contributed by atoms with Crippen LogP contribution in [0.3, 0.4) is 0 Å². The first kappa shape index (κ1) is 16.7. The van der Waals surface area contributed by atoms with Gasteiger partial charge in [-0.3, -0.25) is 14.4 Å². The van der Waals surface area contributed by atoms with Gasteiger partial charge in [0, 0.05) is 44.5 Å². The van der Waals surface area contributed by atoms with Crippen LogP contribution in [0.5, 0.6) is 0 Å². The summed E-state index contributed by atoms with van der Waals surface area (Å²) in [6.45, 7) is 4.97. The molecule has 1 amide bonds. The lowest BCUT2D eigenvalue weighted by Gasteiger charge is -2.41. The van der Waals surface area contributed by atoms with Crippen molar-refractivity contribution in [2.75, 3.05) is 26.7 Å². The number of likely N-dealkylation sites (tertiary alicyclic amines) is 1. The van der Waals surface area contributed by atoms with Crippen LogP contribution in [0, 0.1) is 5.92 Å². The van der Waals surface area contributed by atoms with E-state index in [1.165, 1.54) is 11.8 Å². The topological polar surface area (TPSA) is 67.4 Å². The number of carbonyl (C=O) groups is 1. The van der Waals surface area contributed by atoms with Gasteiger partial charge in [-0.2, -0.15) is 5.10 Å². The second-order valence-electron chi connectivity index (χ2n) is 6.49. The van der Waals surface area contributed by atoms with E-state index in [9.17, 15) is 4.79 Å². The number of aryl methyl sites for hydroxylation is 1. The third kappa shape index (κ3) is 3.36. The molecule has 2 aromatic rings. The average molecular weight is 331 g/mol. The summed E-state index contributed by atoms with van der Waals surface area (Å²) in [5.41, 5.74) is 1.59. The third-order valence-corrected chi connectivity index (χ3v) is 4.84. The molecule has 0 aromatic carbocycles. The van der Waals surface area contributed by atoms with Gasteiger partial charge < -0.3 is 9.42 Å². The van der Waals surface area contributed by atoms with Crippen molar-refractivity contribution in [3.05, 3.63) is 36.0 Å². The summed E-state index contributed by atoms with van der Waals surface area (Å²) in [6.07, 6.45) is 7.73. The van der Waals surface area contributed by atoms with Crippen LogP contribution in [0.2, 0.25) is 0 Å². The Kier molecular flexibility index (Phi) is 4.99. The summed E-state index contributed by atoms with van der Waals surface area (Å²) in [7, 11) is 3.78. The zero-order valence-electron chi connectivity index (χ0n) is 14.6. The molecule has 0 bridgehead atoms. The molecule has 1 aliphatic heterocycles. The highest BCUT2D eigenvalue weighted by atomic mass is 16.5. The lowest BCUT2D eigenvalue weighted by atomic mass is 9.85. The molecule has 24 heavy (non-hydrogen) atoms. The number of carbonyl (C=O) groups excluding carboxylic acids is 1. The smallest absolute Gasteiger partial charge is 0.275 e. The van der Waals surface area contributed by atoms with Gasteiger partial charge in [-0.1, -0.05) is 12.1 Å². The van der Waals surface area contributed by atoms with E-state index in [4.69, 9.17) is 4.52 Å². The third-order valence-electron chi connectivity index (χ3n) is 4.84. The van der Waals surface area contributed by atoms with E-state index in [2.05, 4.69) is 28.3 Å². The average Bonchev–Trinajstić information content (AvgIpc) is 3.25. The molecule has 130 valence electrons. The first-order chi connectivity index (χ1) is 11.6. The quantitative estimate of drug-likeness (QED) is 0.838. The molecule has 7 heteroatoms. The van der Waals surface area contributed by atoms with Crippen LogP contribution >= 0.6 is 0 Å². The van der Waals surface area contributed by atoms with Gasteiger partial charge in [0.15, 0.2) is 5.69 Å². The van der Waals surface area contributed by atoms with Crippen molar-refractivity contribution in [2.24, 2.45) is 13.0 Å². The largest absolute Gasteiger partial charge is 0.364 e. The zero-order chi connectivity index (χ0) is 17.1. The molecule has 2 aromatic heterocycles. The molecule has 3 heterocycles. The number of piperidine rings is 1. The van der Waals surface area contributed by atoms with Crippen molar-refractivity contribution in [3.63, 3.8) is 0 Å². The van der Waals surface area contributed by atoms with E-state index in [1.807, 2.05) is 25.0 Å². The van der Waals surface area contributed by atoms with Crippen LogP contribution in [0.4, 0.5) is 0 Å². The van der Waals surface area contributed by atoms with Crippen LogP contribution in [0.15, 0.2) is 29.2 Å². The predicted octanol–water partition coefficient (Wildman–Crippen LogP) is 1.95. The van der Waals surface area contributed by atoms with E-state index in [1.54, 1.807) is 11.0 Å². The number of hydrogen-bond acceptors (Lipinski definition) is 5. The van der Waals surface area contributed by atoms with Gasteiger partial charge in [0.25, 0.3) is 5.91 Å². The number of amides is 1. The molecule has 1 saturated heterocycles. The Hall–Kier alpha value is -2.15. The number of nitrogens with zero attached hydrogens (tertiary/aromatic N) is 5. The Labute approximate surface area is 142 Å². The molecule has 0 spiro atoms. The van der Waals surface area contributed by atoms with Gasteiger partial charge in [0.05, 0.1) is 6.20 Å². The highest BCUT2D eigenvalue weighted by Crippen LogP contribution is 2.36. The summed E-state index contributed by atoms with van der Waals surface area (Å²) in [5.74, 6) is 0.283. The number of rotatable bonds is 5. The highest BCUT2D eigenvalue weighted by molar-refractivity contribution is 5.91. The molecule has 0 aliphatic carbocycles. The lowest BCUT2D eigenvalue weighted by molar-refractivity contribution is 0.0582. The van der Waals surface area contributed by atoms with Gasteiger partial charge in [-0.05, 0) is 31.8 Å². The molecule has 0 radical (unpaired) electrons. The standard InChI is InChI=1S/C17H25N5O2/c1-4-22-8-5-6-13(16(22)14-10-18-21(3)12-14)11-20(2)17(23)15-7-9-24-19-15/h7,9-10,12-13,16H,4-6,8,11H2,1-3H3/t13-,16+/m0/s1. The molecule has 0 N–H and O–H groups in total. The lowest BCUT2D eigenvalue weighted by Crippen LogP contribution is -2.44. The van der Waals surface area contributed by atoms with Crippen LogP contribution < -0.4 is 0 Å². The Morgan fingerprint density at radius 2 is 2.33 bits per heavy atom. The summed E-state index contributed by atoms with van der Waals surface area (Å²) in [6, 6.07) is 1.90. The van der Waals surface area contributed by atoms with Crippen LogP contribution in [0.1, 0.15) is 41.9 Å². The number of aromatic nitrogens is 3. The fourth-order valence-corrected chi connectivity index (χ4v) is 3.73. The molecule has 0 saturated carbocycles. The highest BCUT2D eigenvalue weighted by Gasteiger charge is 2.34. The fourth-order valence-electron chi connectivity index (χ4n) is 3.73. The van der Waals surface area contributed by atoms with Crippen molar-refractivity contribution in [1.29, 1.82) is 0 Å². The van der Waals surface area contributed by atoms with Gasteiger partial charge in [-0.25, -0.2) is 0 Å². The Balaban J connectivity index is 1.77. The summed E-state index contributed by atoms with van der Waals surface area (Å²) < 4.78 is 6.63. The minimum atomic E-state index is -0.0951. The molecule has 3 rings (SSSR count). The van der Waals surface area contributed by atoms with E-state index in [-0.39, 0.29) is 5.91 Å². The second-order valence-corrected chi connectivity index (χ2v) is 6.49. The molecule has 1 aliphatic rings. The van der Waals surface area contributed by atoms with Crippen LogP contribution in [-0.4, -0.2) is 57.3 Å². The maximum atomic E-state index is 12.5. The number of hydrogen-bond donors (Lipinski definition) is 0. The van der Waals surface area contributed by atoms with E-state index < -0.39 is 0 Å². The Morgan fingerprint density at radius 3 is 2.96 bits per heavy atom. The van der Waals surface area contributed by atoms with Crippen LogP contribution in [0.25, 0.3) is 0 Å². The van der Waals surface area contributed by atoms with Gasteiger partial charge in [-0.15, -0.1) is 0 Å². The Morgan fingerprint density at radius 1 is 1.50 bits per heavy atom. The molecule has 7 nitrogen and oxygen atoms in total. The van der Waals surface area contributed by atoms with E-state index in [0.29, 0.717) is 24.2 Å². The maximum absolute atomic E-state index is 12.5. The maximum Gasteiger partial charge on any atom is 0.275 e. The van der Waals surface area contributed by atoms with Gasteiger partial charge in [0.1, 0.15) is 6.26 Å². The molecule has 1 fully saturated rings. The van der Waals surface area contributed by atoms with Crippen molar-refractivity contribution >= 4 is 5.91 Å². The summed E-state index contributed by atoms with van der Waals surface area (Å²) in [5, 5.41) is 8.09. The van der Waals surface area contributed by atoms with Crippen molar-refractivity contribution in [1.82, 2.24) is 24.7 Å². The predicted molar refractivity (Wildman–Crippen MR) is 89.4 cm³/mol. The van der Waals surface area contributed by atoms with Crippen molar-refractivity contribution < 1.29 is 9.32 Å². The van der Waals surface area contributed by atoms with Crippen molar-refractivity contribution in [3.8, 4) is 0 Å².